The second-order valence-electron chi connectivity index (χ2n) is 6.08. The molecular formula is C16H25N3O2. The fourth-order valence-electron chi connectivity index (χ4n) is 2.95. The van der Waals surface area contributed by atoms with Crippen LogP contribution in [0, 0.1) is 5.92 Å². The van der Waals surface area contributed by atoms with Crippen molar-refractivity contribution in [1.29, 1.82) is 0 Å². The minimum absolute atomic E-state index is 0.305. The Labute approximate surface area is 126 Å². The van der Waals surface area contributed by atoms with E-state index in [0.29, 0.717) is 18.1 Å². The van der Waals surface area contributed by atoms with Crippen molar-refractivity contribution in [3.05, 3.63) is 12.3 Å². The number of morpholine rings is 1. The van der Waals surface area contributed by atoms with Crippen molar-refractivity contribution in [3.8, 4) is 5.88 Å². The van der Waals surface area contributed by atoms with Crippen LogP contribution >= 0.6 is 0 Å². The molecule has 1 saturated carbocycles. The van der Waals surface area contributed by atoms with Gasteiger partial charge in [-0.2, -0.15) is 4.98 Å². The monoisotopic (exact) mass is 291 g/mol. The molecule has 5 heteroatoms. The third-order valence-electron chi connectivity index (χ3n) is 4.33. The Balaban J connectivity index is 1.72. The summed E-state index contributed by atoms with van der Waals surface area (Å²) in [6.07, 6.45) is 8.58. The number of nitrogens with zero attached hydrogens (tertiary/aromatic N) is 3. The molecule has 1 saturated heterocycles. The van der Waals surface area contributed by atoms with E-state index in [1.165, 1.54) is 25.7 Å². The fourth-order valence-corrected chi connectivity index (χ4v) is 2.95. The zero-order valence-electron chi connectivity index (χ0n) is 13.0. The van der Waals surface area contributed by atoms with Gasteiger partial charge in [-0.15, -0.1) is 0 Å². The molecule has 1 aromatic rings. The van der Waals surface area contributed by atoms with E-state index < -0.39 is 0 Å². The highest BCUT2D eigenvalue weighted by molar-refractivity contribution is 5.33. The van der Waals surface area contributed by atoms with Crippen LogP contribution in [0.3, 0.4) is 0 Å². The Kier molecular flexibility index (Phi) is 4.58. The SMILES string of the molecule is CCCC[C@@H]1CN(c2nccc(OC)n2)C[C@H](C2CC2)O1. The lowest BCUT2D eigenvalue weighted by Gasteiger charge is -2.38. The molecule has 0 amide bonds. The largest absolute Gasteiger partial charge is 0.481 e. The summed E-state index contributed by atoms with van der Waals surface area (Å²) in [5, 5.41) is 0. The summed E-state index contributed by atoms with van der Waals surface area (Å²) in [6, 6.07) is 1.79. The standard InChI is InChI=1S/C16H25N3O2/c1-3-4-5-13-10-19(11-14(21-13)12-6-7-12)16-17-9-8-15(18-16)20-2/h8-9,12-14H,3-7,10-11H2,1-2H3/t13-,14-/m1/s1. The number of hydrogen-bond donors (Lipinski definition) is 0. The highest BCUT2D eigenvalue weighted by atomic mass is 16.5. The van der Waals surface area contributed by atoms with Crippen LogP contribution in [0.2, 0.25) is 0 Å². The van der Waals surface area contributed by atoms with Gasteiger partial charge in [0, 0.05) is 25.4 Å². The van der Waals surface area contributed by atoms with Crippen LogP contribution in [0.5, 0.6) is 5.88 Å². The van der Waals surface area contributed by atoms with Crippen LogP contribution in [0.25, 0.3) is 0 Å². The number of methoxy groups -OCH3 is 1. The maximum absolute atomic E-state index is 6.29. The van der Waals surface area contributed by atoms with Gasteiger partial charge in [-0.3, -0.25) is 0 Å². The number of ether oxygens (including phenoxy) is 2. The second-order valence-corrected chi connectivity index (χ2v) is 6.08. The maximum Gasteiger partial charge on any atom is 0.228 e. The minimum atomic E-state index is 0.305. The summed E-state index contributed by atoms with van der Waals surface area (Å²) in [6.45, 7) is 4.01. The lowest BCUT2D eigenvalue weighted by atomic mass is 10.1. The Morgan fingerprint density at radius 1 is 1.38 bits per heavy atom. The van der Waals surface area contributed by atoms with Crippen molar-refractivity contribution in [3.63, 3.8) is 0 Å². The van der Waals surface area contributed by atoms with Gasteiger partial charge in [0.15, 0.2) is 0 Å². The predicted molar refractivity (Wildman–Crippen MR) is 81.7 cm³/mol. The molecule has 21 heavy (non-hydrogen) atoms. The van der Waals surface area contributed by atoms with E-state index >= 15 is 0 Å². The molecule has 0 bridgehead atoms. The van der Waals surface area contributed by atoms with E-state index in [-0.39, 0.29) is 0 Å². The molecule has 0 spiro atoms. The van der Waals surface area contributed by atoms with Gasteiger partial charge in [-0.25, -0.2) is 4.98 Å². The highest BCUT2D eigenvalue weighted by Crippen LogP contribution is 2.37. The average Bonchev–Trinajstić information content (AvgIpc) is 3.37. The Bertz CT molecular complexity index is 465. The Morgan fingerprint density at radius 3 is 2.95 bits per heavy atom. The molecule has 2 heterocycles. The molecule has 1 aromatic heterocycles. The maximum atomic E-state index is 6.29. The molecule has 0 unspecified atom stereocenters. The lowest BCUT2D eigenvalue weighted by Crippen LogP contribution is -2.49. The van der Waals surface area contributed by atoms with Gasteiger partial charge in [0.2, 0.25) is 11.8 Å². The van der Waals surface area contributed by atoms with Crippen LogP contribution in [0.15, 0.2) is 12.3 Å². The molecule has 1 aliphatic carbocycles. The van der Waals surface area contributed by atoms with E-state index in [9.17, 15) is 0 Å². The van der Waals surface area contributed by atoms with Gasteiger partial charge in [-0.05, 0) is 25.2 Å². The zero-order valence-corrected chi connectivity index (χ0v) is 13.0. The van der Waals surface area contributed by atoms with Crippen molar-refractivity contribution < 1.29 is 9.47 Å². The van der Waals surface area contributed by atoms with Gasteiger partial charge < -0.3 is 14.4 Å². The summed E-state index contributed by atoms with van der Waals surface area (Å²) >= 11 is 0. The van der Waals surface area contributed by atoms with Crippen molar-refractivity contribution in [1.82, 2.24) is 9.97 Å². The van der Waals surface area contributed by atoms with Crippen LogP contribution < -0.4 is 9.64 Å². The molecule has 0 N–H and O–H groups in total. The van der Waals surface area contributed by atoms with Crippen LogP contribution in [-0.2, 0) is 4.74 Å². The van der Waals surface area contributed by atoms with Crippen LogP contribution in [0.4, 0.5) is 5.95 Å². The fraction of sp³-hybridized carbons (Fsp3) is 0.750. The number of hydrogen-bond acceptors (Lipinski definition) is 5. The van der Waals surface area contributed by atoms with Crippen LogP contribution in [-0.4, -0.2) is 42.4 Å². The average molecular weight is 291 g/mol. The van der Waals surface area contributed by atoms with Gasteiger partial charge >= 0.3 is 0 Å². The normalized spacial score (nSPS) is 25.9. The number of aromatic nitrogens is 2. The topological polar surface area (TPSA) is 47.5 Å². The molecule has 3 rings (SSSR count). The predicted octanol–water partition coefficient (Wildman–Crippen LogP) is 2.66. The summed E-state index contributed by atoms with van der Waals surface area (Å²) in [4.78, 5) is 11.2. The number of rotatable bonds is 6. The molecule has 116 valence electrons. The van der Waals surface area contributed by atoms with Crippen molar-refractivity contribution in [2.75, 3.05) is 25.1 Å². The molecule has 2 aliphatic rings. The lowest BCUT2D eigenvalue weighted by molar-refractivity contribution is -0.0414. The van der Waals surface area contributed by atoms with Gasteiger partial charge in [-0.1, -0.05) is 19.8 Å². The number of unbranched alkanes of at least 4 members (excludes halogenated alkanes) is 1. The molecular weight excluding hydrogens is 266 g/mol. The molecule has 0 radical (unpaired) electrons. The van der Waals surface area contributed by atoms with Gasteiger partial charge in [0.1, 0.15) is 0 Å². The third-order valence-corrected chi connectivity index (χ3v) is 4.33. The van der Waals surface area contributed by atoms with E-state index in [1.807, 2.05) is 0 Å². The van der Waals surface area contributed by atoms with Crippen molar-refractivity contribution in [2.45, 2.75) is 51.2 Å². The first-order valence-corrected chi connectivity index (χ1v) is 8.07. The first kappa shape index (κ1) is 14.6. The first-order chi connectivity index (χ1) is 10.3. The van der Waals surface area contributed by atoms with Gasteiger partial charge in [0.05, 0.1) is 19.3 Å². The molecule has 2 fully saturated rings. The smallest absolute Gasteiger partial charge is 0.228 e. The minimum Gasteiger partial charge on any atom is -0.481 e. The summed E-state index contributed by atoms with van der Waals surface area (Å²) in [5.74, 6) is 2.13. The Hall–Kier alpha value is -1.36. The quantitative estimate of drug-likeness (QED) is 0.806. The third kappa shape index (κ3) is 3.64. The van der Waals surface area contributed by atoms with E-state index in [4.69, 9.17) is 9.47 Å². The van der Waals surface area contributed by atoms with Gasteiger partial charge in [0.25, 0.3) is 0 Å². The van der Waals surface area contributed by atoms with E-state index in [2.05, 4.69) is 21.8 Å². The molecule has 2 atom stereocenters. The molecule has 1 aliphatic heterocycles. The van der Waals surface area contributed by atoms with Crippen molar-refractivity contribution >= 4 is 5.95 Å². The summed E-state index contributed by atoms with van der Waals surface area (Å²) in [5.41, 5.74) is 0. The molecule has 0 aromatic carbocycles. The summed E-state index contributed by atoms with van der Waals surface area (Å²) < 4.78 is 11.5. The summed E-state index contributed by atoms with van der Waals surface area (Å²) in [7, 11) is 1.64. The van der Waals surface area contributed by atoms with Crippen LogP contribution in [0.1, 0.15) is 39.0 Å². The zero-order chi connectivity index (χ0) is 14.7. The van der Waals surface area contributed by atoms with E-state index in [1.54, 1.807) is 19.4 Å². The number of anilines is 1. The second kappa shape index (κ2) is 6.60. The van der Waals surface area contributed by atoms with E-state index in [0.717, 1.165) is 31.4 Å². The van der Waals surface area contributed by atoms with Crippen molar-refractivity contribution in [2.24, 2.45) is 5.92 Å². The molecule has 5 nitrogen and oxygen atoms in total. The first-order valence-electron chi connectivity index (χ1n) is 8.07. The highest BCUT2D eigenvalue weighted by Gasteiger charge is 2.38. The Morgan fingerprint density at radius 2 is 2.24 bits per heavy atom.